The molecule has 0 unspecified atom stereocenters. The molecule has 0 atom stereocenters. The monoisotopic (exact) mass is 285 g/mol. The molecule has 1 aliphatic rings. The van der Waals surface area contributed by atoms with Crippen molar-refractivity contribution in [3.8, 4) is 0 Å². The van der Waals surface area contributed by atoms with E-state index in [9.17, 15) is 0 Å². The van der Waals surface area contributed by atoms with Gasteiger partial charge in [-0.3, -0.25) is 0 Å². The molecular formula is C15H35N3Si. The Kier molecular flexibility index (Phi) is 7.01. The van der Waals surface area contributed by atoms with Gasteiger partial charge in [-0.2, -0.15) is 0 Å². The summed E-state index contributed by atoms with van der Waals surface area (Å²) in [6.45, 7) is 13.6. The predicted molar refractivity (Wildman–Crippen MR) is 87.4 cm³/mol. The van der Waals surface area contributed by atoms with Crippen molar-refractivity contribution in [3.63, 3.8) is 0 Å². The zero-order chi connectivity index (χ0) is 14.5. The Bertz CT molecular complexity index is 221. The fourth-order valence-corrected chi connectivity index (χ4v) is 8.34. The maximum atomic E-state index is 3.94. The number of nitrogens with one attached hydrogen (secondary N) is 3. The van der Waals surface area contributed by atoms with Crippen LogP contribution < -0.4 is 14.9 Å². The van der Waals surface area contributed by atoms with Crippen LogP contribution in [0.15, 0.2) is 0 Å². The molecule has 1 rings (SSSR count). The predicted octanol–water partition coefficient (Wildman–Crippen LogP) is 3.25. The standard InChI is InChI=1S/C15H35N3Si/c1-12(2)16-19(17-13(3)4,18-14(5)6)15-10-8-7-9-11-15/h12-18H,7-11H2,1-6H3. The molecule has 0 aromatic rings. The first-order valence-electron chi connectivity index (χ1n) is 8.19. The minimum atomic E-state index is -1.83. The van der Waals surface area contributed by atoms with Crippen molar-refractivity contribution in [1.82, 2.24) is 14.9 Å². The maximum absolute atomic E-state index is 3.94. The van der Waals surface area contributed by atoms with Crippen LogP contribution in [0.4, 0.5) is 0 Å². The van der Waals surface area contributed by atoms with Crippen LogP contribution in [0.5, 0.6) is 0 Å². The van der Waals surface area contributed by atoms with Gasteiger partial charge in [-0.05, 0) is 36.5 Å². The average molecular weight is 286 g/mol. The van der Waals surface area contributed by atoms with Gasteiger partial charge in [0.25, 0.3) is 8.56 Å². The zero-order valence-corrected chi connectivity index (χ0v) is 14.8. The quantitative estimate of drug-likeness (QED) is 0.628. The molecule has 0 saturated heterocycles. The lowest BCUT2D eigenvalue weighted by Crippen LogP contribution is -2.78. The third-order valence-corrected chi connectivity index (χ3v) is 8.67. The summed E-state index contributed by atoms with van der Waals surface area (Å²) in [6.07, 6.45) is 6.99. The molecule has 0 aromatic heterocycles. The summed E-state index contributed by atoms with van der Waals surface area (Å²) in [5.74, 6) is 0. The van der Waals surface area contributed by atoms with Crippen LogP contribution in [-0.2, 0) is 0 Å². The van der Waals surface area contributed by atoms with Crippen molar-refractivity contribution in [1.29, 1.82) is 0 Å². The highest BCUT2D eigenvalue weighted by atomic mass is 28.4. The topological polar surface area (TPSA) is 36.1 Å². The summed E-state index contributed by atoms with van der Waals surface area (Å²) >= 11 is 0. The molecule has 4 heteroatoms. The molecule has 1 fully saturated rings. The van der Waals surface area contributed by atoms with Crippen molar-refractivity contribution in [2.45, 2.75) is 97.3 Å². The molecule has 0 aliphatic heterocycles. The molecule has 0 amide bonds. The van der Waals surface area contributed by atoms with Crippen molar-refractivity contribution >= 4 is 8.56 Å². The lowest BCUT2D eigenvalue weighted by atomic mass is 10.0. The summed E-state index contributed by atoms with van der Waals surface area (Å²) in [6, 6.07) is 1.60. The van der Waals surface area contributed by atoms with E-state index in [1.54, 1.807) is 0 Å². The van der Waals surface area contributed by atoms with E-state index in [0.29, 0.717) is 18.1 Å². The molecule has 3 nitrogen and oxygen atoms in total. The summed E-state index contributed by atoms with van der Waals surface area (Å²) in [7, 11) is -1.83. The first kappa shape index (κ1) is 17.1. The zero-order valence-electron chi connectivity index (χ0n) is 13.8. The highest BCUT2D eigenvalue weighted by molar-refractivity contribution is 6.74. The van der Waals surface area contributed by atoms with Crippen molar-refractivity contribution in [2.24, 2.45) is 0 Å². The summed E-state index contributed by atoms with van der Waals surface area (Å²) in [5.41, 5.74) is 0.813. The molecule has 114 valence electrons. The SMILES string of the molecule is CC(C)N[Si](NC(C)C)(NC(C)C)C1CCCCC1. The van der Waals surface area contributed by atoms with Crippen LogP contribution >= 0.6 is 0 Å². The summed E-state index contributed by atoms with van der Waals surface area (Å²) < 4.78 is 0. The van der Waals surface area contributed by atoms with Gasteiger partial charge in [-0.25, -0.2) is 0 Å². The van der Waals surface area contributed by atoms with Crippen molar-refractivity contribution in [3.05, 3.63) is 0 Å². The minimum Gasteiger partial charge on any atom is -0.311 e. The second-order valence-electron chi connectivity index (χ2n) is 7.04. The second-order valence-corrected chi connectivity index (χ2v) is 10.3. The highest BCUT2D eigenvalue weighted by Crippen LogP contribution is 2.34. The van der Waals surface area contributed by atoms with Gasteiger partial charge in [0.2, 0.25) is 0 Å². The van der Waals surface area contributed by atoms with Crippen LogP contribution in [-0.4, -0.2) is 26.7 Å². The molecule has 0 spiro atoms. The molecule has 1 saturated carbocycles. The van der Waals surface area contributed by atoms with Crippen LogP contribution in [0, 0.1) is 0 Å². The van der Waals surface area contributed by atoms with E-state index in [2.05, 4.69) is 56.5 Å². The Hall–Kier alpha value is 0.0969. The van der Waals surface area contributed by atoms with Crippen molar-refractivity contribution < 1.29 is 0 Å². The van der Waals surface area contributed by atoms with E-state index in [1.807, 2.05) is 0 Å². The minimum absolute atomic E-state index is 0.533. The number of hydrogen-bond acceptors (Lipinski definition) is 3. The Balaban J connectivity index is 2.92. The van der Waals surface area contributed by atoms with Gasteiger partial charge >= 0.3 is 0 Å². The van der Waals surface area contributed by atoms with Crippen LogP contribution in [0.25, 0.3) is 0 Å². The van der Waals surface area contributed by atoms with E-state index in [1.165, 1.54) is 32.1 Å². The van der Waals surface area contributed by atoms with Gasteiger partial charge in [0.05, 0.1) is 0 Å². The Morgan fingerprint density at radius 2 is 1.05 bits per heavy atom. The third kappa shape index (κ3) is 5.54. The van der Waals surface area contributed by atoms with E-state index < -0.39 is 8.56 Å². The van der Waals surface area contributed by atoms with Crippen molar-refractivity contribution in [2.75, 3.05) is 0 Å². The smallest absolute Gasteiger partial charge is 0.285 e. The van der Waals surface area contributed by atoms with Gasteiger partial charge in [-0.1, -0.05) is 60.8 Å². The number of rotatable bonds is 7. The summed E-state index contributed by atoms with van der Waals surface area (Å²) in [5, 5.41) is 0. The first-order chi connectivity index (χ1) is 8.85. The molecule has 0 aromatic carbocycles. The van der Waals surface area contributed by atoms with Gasteiger partial charge < -0.3 is 14.9 Å². The molecule has 3 N–H and O–H groups in total. The fourth-order valence-electron chi connectivity index (χ4n) is 3.38. The lowest BCUT2D eigenvalue weighted by molar-refractivity contribution is 0.452. The summed E-state index contributed by atoms with van der Waals surface area (Å²) in [4.78, 5) is 11.8. The van der Waals surface area contributed by atoms with E-state index >= 15 is 0 Å². The lowest BCUT2D eigenvalue weighted by Gasteiger charge is -2.45. The van der Waals surface area contributed by atoms with Gasteiger partial charge in [0, 0.05) is 0 Å². The Morgan fingerprint density at radius 1 is 0.684 bits per heavy atom. The van der Waals surface area contributed by atoms with Gasteiger partial charge in [0.1, 0.15) is 0 Å². The maximum Gasteiger partial charge on any atom is 0.285 e. The van der Waals surface area contributed by atoms with Gasteiger partial charge in [-0.15, -0.1) is 0 Å². The number of hydrogen-bond donors (Lipinski definition) is 3. The highest BCUT2D eigenvalue weighted by Gasteiger charge is 2.44. The second kappa shape index (κ2) is 7.77. The normalized spacial score (nSPS) is 18.8. The van der Waals surface area contributed by atoms with Crippen LogP contribution in [0.2, 0.25) is 5.54 Å². The van der Waals surface area contributed by atoms with E-state index in [0.717, 1.165) is 5.54 Å². The first-order valence-corrected chi connectivity index (χ1v) is 10.3. The Morgan fingerprint density at radius 3 is 1.37 bits per heavy atom. The van der Waals surface area contributed by atoms with Crippen LogP contribution in [0.3, 0.4) is 0 Å². The van der Waals surface area contributed by atoms with Crippen LogP contribution in [0.1, 0.15) is 73.6 Å². The molecular weight excluding hydrogens is 250 g/mol. The largest absolute Gasteiger partial charge is 0.311 e. The molecule has 0 radical (unpaired) electrons. The van der Waals surface area contributed by atoms with E-state index in [-0.39, 0.29) is 0 Å². The van der Waals surface area contributed by atoms with E-state index in [4.69, 9.17) is 0 Å². The molecule has 1 aliphatic carbocycles. The van der Waals surface area contributed by atoms with Gasteiger partial charge in [0.15, 0.2) is 0 Å². The molecule has 0 bridgehead atoms. The average Bonchev–Trinajstić information content (AvgIpc) is 2.27. The molecule has 19 heavy (non-hydrogen) atoms. The fraction of sp³-hybridized carbons (Fsp3) is 1.00. The Labute approximate surface area is 121 Å². The third-order valence-electron chi connectivity index (χ3n) is 3.77. The molecule has 0 heterocycles.